The maximum atomic E-state index is 12.7. The van der Waals surface area contributed by atoms with Gasteiger partial charge in [-0.25, -0.2) is 4.79 Å². The Labute approximate surface area is 185 Å². The fourth-order valence-corrected chi connectivity index (χ4v) is 3.70. The van der Waals surface area contributed by atoms with Gasteiger partial charge >= 0.3 is 6.03 Å². The van der Waals surface area contributed by atoms with Crippen molar-refractivity contribution in [2.45, 2.75) is 19.4 Å². The van der Waals surface area contributed by atoms with Crippen LogP contribution in [0.25, 0.3) is 16.8 Å². The zero-order valence-corrected chi connectivity index (χ0v) is 17.8. The van der Waals surface area contributed by atoms with Gasteiger partial charge in [-0.15, -0.1) is 0 Å². The van der Waals surface area contributed by atoms with Gasteiger partial charge in [-0.3, -0.25) is 14.9 Å². The third-order valence-electron chi connectivity index (χ3n) is 5.44. The van der Waals surface area contributed by atoms with Crippen LogP contribution in [0.2, 0.25) is 0 Å². The molecule has 0 unspecified atom stereocenters. The number of pyridine rings is 1. The van der Waals surface area contributed by atoms with E-state index in [0.29, 0.717) is 24.4 Å². The number of carbonyl (C=O) groups is 2. The molecule has 7 heteroatoms. The van der Waals surface area contributed by atoms with Gasteiger partial charge in [0.15, 0.2) is 0 Å². The van der Waals surface area contributed by atoms with Gasteiger partial charge in [0, 0.05) is 37.5 Å². The first-order chi connectivity index (χ1) is 15.4. The molecule has 0 atom stereocenters. The number of amides is 3. The quantitative estimate of drug-likeness (QED) is 0.594. The summed E-state index contributed by atoms with van der Waals surface area (Å²) in [6, 6.07) is 16.9. The number of aromatic nitrogens is 1. The number of nitrogens with zero attached hydrogens (tertiary/aromatic N) is 1. The Bertz CT molecular complexity index is 1260. The van der Waals surface area contributed by atoms with E-state index in [1.165, 1.54) is 0 Å². The zero-order chi connectivity index (χ0) is 22.7. The van der Waals surface area contributed by atoms with Gasteiger partial charge in [-0.05, 0) is 40.8 Å². The van der Waals surface area contributed by atoms with Crippen LogP contribution in [0.15, 0.2) is 72.2 Å². The van der Waals surface area contributed by atoms with Crippen LogP contribution in [-0.4, -0.2) is 16.5 Å². The van der Waals surface area contributed by atoms with Crippen LogP contribution in [0.5, 0.6) is 0 Å². The maximum absolute atomic E-state index is 12.7. The number of anilines is 1. The van der Waals surface area contributed by atoms with Crippen molar-refractivity contribution in [3.63, 3.8) is 0 Å². The number of rotatable bonds is 4. The maximum Gasteiger partial charge on any atom is 0.321 e. The minimum Gasteiger partial charge on any atom is -0.351 e. The van der Waals surface area contributed by atoms with E-state index in [1.807, 2.05) is 54.6 Å². The molecule has 7 nitrogen and oxygen atoms in total. The first kappa shape index (κ1) is 21.1. The zero-order valence-electron chi connectivity index (χ0n) is 17.8. The summed E-state index contributed by atoms with van der Waals surface area (Å²) < 4.78 is 1.54. The van der Waals surface area contributed by atoms with Crippen molar-refractivity contribution in [1.82, 2.24) is 15.2 Å². The van der Waals surface area contributed by atoms with Crippen molar-refractivity contribution in [3.8, 4) is 11.1 Å². The Hall–Kier alpha value is -4.13. The molecule has 0 radical (unpaired) electrons. The van der Waals surface area contributed by atoms with E-state index >= 15 is 0 Å². The largest absolute Gasteiger partial charge is 0.351 e. The average Bonchev–Trinajstić information content (AvgIpc) is 2.86. The lowest BCUT2D eigenvalue weighted by Gasteiger charge is -2.15. The smallest absolute Gasteiger partial charge is 0.321 e. The third kappa shape index (κ3) is 4.62. The Balaban J connectivity index is 1.61. The van der Waals surface area contributed by atoms with Crippen LogP contribution in [0.3, 0.4) is 0 Å². The van der Waals surface area contributed by atoms with E-state index in [4.69, 9.17) is 0 Å². The molecule has 3 amide bonds. The second-order valence-electron chi connectivity index (χ2n) is 7.74. The van der Waals surface area contributed by atoms with E-state index in [2.05, 4.69) is 22.5 Å². The van der Waals surface area contributed by atoms with Crippen LogP contribution in [0, 0.1) is 0 Å². The highest BCUT2D eigenvalue weighted by molar-refractivity contribution is 5.94. The molecule has 0 fully saturated rings. The molecule has 3 N–H and O–H groups in total. The van der Waals surface area contributed by atoms with E-state index in [9.17, 15) is 14.4 Å². The summed E-state index contributed by atoms with van der Waals surface area (Å²) in [5.74, 6) is -0.320. The lowest BCUT2D eigenvalue weighted by Crippen LogP contribution is -2.38. The van der Waals surface area contributed by atoms with Crippen molar-refractivity contribution < 1.29 is 9.59 Å². The predicted molar refractivity (Wildman–Crippen MR) is 125 cm³/mol. The monoisotopic (exact) mass is 428 g/mol. The Morgan fingerprint density at radius 2 is 1.75 bits per heavy atom. The molecule has 1 aromatic heterocycles. The highest BCUT2D eigenvalue weighted by Crippen LogP contribution is 2.24. The van der Waals surface area contributed by atoms with Gasteiger partial charge in [0.25, 0.3) is 5.56 Å². The summed E-state index contributed by atoms with van der Waals surface area (Å²) >= 11 is 0. The van der Waals surface area contributed by atoms with E-state index in [0.717, 1.165) is 27.8 Å². The molecule has 0 saturated carbocycles. The van der Waals surface area contributed by atoms with Crippen molar-refractivity contribution >= 4 is 23.3 Å². The van der Waals surface area contributed by atoms with Crippen molar-refractivity contribution in [2.75, 3.05) is 5.32 Å². The van der Waals surface area contributed by atoms with Crippen LogP contribution >= 0.6 is 0 Å². The Morgan fingerprint density at radius 1 is 0.969 bits per heavy atom. The second kappa shape index (κ2) is 8.93. The highest BCUT2D eigenvalue weighted by atomic mass is 16.2. The molecule has 1 aliphatic heterocycles. The van der Waals surface area contributed by atoms with Gasteiger partial charge < -0.3 is 15.2 Å². The minimum absolute atomic E-state index is 0.159. The molecular weight excluding hydrogens is 404 g/mol. The first-order valence-electron chi connectivity index (χ1n) is 10.3. The van der Waals surface area contributed by atoms with Gasteiger partial charge in [-0.2, -0.15) is 0 Å². The lowest BCUT2D eigenvalue weighted by molar-refractivity contribution is -0.119. The van der Waals surface area contributed by atoms with Crippen molar-refractivity contribution in [3.05, 3.63) is 94.4 Å². The number of aryl methyl sites for hydroxylation is 2. The number of hydrogen-bond acceptors (Lipinski definition) is 4. The number of imide groups is 1. The number of benzene rings is 2. The summed E-state index contributed by atoms with van der Waals surface area (Å²) in [6.45, 7) is 4.45. The molecule has 0 bridgehead atoms. The average molecular weight is 428 g/mol. The van der Waals surface area contributed by atoms with Gasteiger partial charge in [0.2, 0.25) is 5.91 Å². The van der Waals surface area contributed by atoms with Crippen LogP contribution in [-0.2, 0) is 24.8 Å². The summed E-state index contributed by atoms with van der Waals surface area (Å²) in [6.07, 6.45) is 2.52. The normalized spacial score (nSPS) is 13.7. The minimum atomic E-state index is -0.493. The first-order valence-corrected chi connectivity index (χ1v) is 10.3. The van der Waals surface area contributed by atoms with Gasteiger partial charge in [0.05, 0.1) is 0 Å². The van der Waals surface area contributed by atoms with Gasteiger partial charge in [-0.1, -0.05) is 49.0 Å². The van der Waals surface area contributed by atoms with E-state index in [-0.39, 0.29) is 17.9 Å². The summed E-state index contributed by atoms with van der Waals surface area (Å²) in [5.41, 5.74) is 5.46. The second-order valence-corrected chi connectivity index (χ2v) is 7.74. The molecular formula is C25H24N4O3. The Kier molecular flexibility index (Phi) is 5.89. The number of hydrogen-bond donors (Lipinski definition) is 3. The number of fused-ring (bicyclic) bond motifs is 1. The molecule has 4 rings (SSSR count). The molecule has 3 aromatic rings. The Morgan fingerprint density at radius 3 is 2.53 bits per heavy atom. The SMILES string of the molecule is C=C(Nc1cc(-c2ccccc2)cn(C)c1=O)c1ccc2c(c1)CCC(=O)NC(=O)NC2. The molecule has 2 aromatic carbocycles. The number of urea groups is 1. The standard InChI is InChI=1S/C25H24N4O3/c1-16(18-8-9-20-14-26-25(32)28-23(30)11-10-19(20)12-18)27-22-13-21(15-29(2)24(22)31)17-6-4-3-5-7-17/h3-9,12-13,15,27H,1,10-11,14H2,2H3,(H2,26,28,30,32). The summed E-state index contributed by atoms with van der Waals surface area (Å²) in [7, 11) is 1.72. The lowest BCUT2D eigenvalue weighted by atomic mass is 9.98. The molecule has 2 heterocycles. The third-order valence-corrected chi connectivity index (χ3v) is 5.44. The number of carbonyl (C=O) groups excluding carboxylic acids is 2. The fraction of sp³-hybridized carbons (Fsp3) is 0.160. The summed E-state index contributed by atoms with van der Waals surface area (Å²) in [4.78, 5) is 36.2. The molecule has 1 aliphatic rings. The highest BCUT2D eigenvalue weighted by Gasteiger charge is 2.15. The fourth-order valence-electron chi connectivity index (χ4n) is 3.70. The predicted octanol–water partition coefficient (Wildman–Crippen LogP) is 3.41. The summed E-state index contributed by atoms with van der Waals surface area (Å²) in [5, 5.41) is 8.15. The van der Waals surface area contributed by atoms with E-state index < -0.39 is 6.03 Å². The van der Waals surface area contributed by atoms with Crippen LogP contribution in [0.4, 0.5) is 10.5 Å². The molecule has 32 heavy (non-hydrogen) atoms. The van der Waals surface area contributed by atoms with E-state index in [1.54, 1.807) is 17.8 Å². The van der Waals surface area contributed by atoms with Crippen molar-refractivity contribution in [1.29, 1.82) is 0 Å². The molecule has 0 aliphatic carbocycles. The topological polar surface area (TPSA) is 92.2 Å². The molecule has 162 valence electrons. The molecule has 0 spiro atoms. The van der Waals surface area contributed by atoms with Crippen molar-refractivity contribution in [2.24, 2.45) is 7.05 Å². The van der Waals surface area contributed by atoms with Gasteiger partial charge in [0.1, 0.15) is 5.69 Å². The number of nitrogens with one attached hydrogen (secondary N) is 3. The van der Waals surface area contributed by atoms with Crippen LogP contribution < -0.4 is 21.5 Å². The molecule has 0 saturated heterocycles. The van der Waals surface area contributed by atoms with Crippen LogP contribution in [0.1, 0.15) is 23.1 Å².